The molecule has 2 saturated heterocycles. The lowest BCUT2D eigenvalue weighted by atomic mass is 9.75. The number of aliphatic hydroxyl groups excluding tert-OH is 2. The van der Waals surface area contributed by atoms with Crippen molar-refractivity contribution in [1.82, 2.24) is 4.90 Å². The molecular weight excluding hydrogens is 730 g/mol. The second-order valence-electron chi connectivity index (χ2n) is 17.7. The molecule has 4 rings (SSSR count). The highest BCUT2D eigenvalue weighted by Crippen LogP contribution is 2.40. The van der Waals surface area contributed by atoms with E-state index in [9.17, 15) is 34.5 Å². The van der Waals surface area contributed by atoms with E-state index in [1.165, 1.54) is 12.0 Å². The van der Waals surface area contributed by atoms with Crippen molar-refractivity contribution in [2.75, 3.05) is 27.9 Å². The van der Waals surface area contributed by atoms with Crippen LogP contribution in [-0.2, 0) is 38.1 Å². The lowest BCUT2D eigenvalue weighted by Gasteiger charge is -2.47. The summed E-state index contributed by atoms with van der Waals surface area (Å²) in [4.78, 5) is 58.3. The van der Waals surface area contributed by atoms with Gasteiger partial charge in [0.05, 0.1) is 36.6 Å². The Morgan fingerprint density at radius 2 is 1.56 bits per heavy atom. The van der Waals surface area contributed by atoms with E-state index in [0.29, 0.717) is 51.4 Å². The number of amides is 1. The summed E-state index contributed by atoms with van der Waals surface area (Å²) >= 11 is 0. The summed E-state index contributed by atoms with van der Waals surface area (Å²) in [6.45, 7) is 13.5. The van der Waals surface area contributed by atoms with E-state index >= 15 is 0 Å². The Morgan fingerprint density at radius 1 is 0.895 bits per heavy atom. The normalized spacial score (nSPS) is 40.2. The number of aliphatic hydroxyl groups is 3. The minimum atomic E-state index is -2.47. The van der Waals surface area contributed by atoms with Gasteiger partial charge < -0.3 is 39.2 Å². The molecule has 12 heteroatoms. The number of rotatable bonds is 7. The minimum absolute atomic E-state index is 0.0264. The number of carbonyl (C=O) groups excluding carboxylic acids is 4. The first-order valence-electron chi connectivity index (χ1n) is 21.2. The van der Waals surface area contributed by atoms with Gasteiger partial charge in [0, 0.05) is 52.6 Å². The van der Waals surface area contributed by atoms with E-state index < -0.39 is 77.7 Å². The van der Waals surface area contributed by atoms with Crippen LogP contribution in [0.2, 0.25) is 0 Å². The van der Waals surface area contributed by atoms with Gasteiger partial charge in [-0.05, 0) is 102 Å². The summed E-state index contributed by atoms with van der Waals surface area (Å²) in [6.07, 6.45) is 6.92. The zero-order valence-corrected chi connectivity index (χ0v) is 35.7. The molecule has 0 radical (unpaired) electrons. The van der Waals surface area contributed by atoms with Crippen molar-refractivity contribution in [3.05, 3.63) is 36.0 Å². The highest BCUT2D eigenvalue weighted by Gasteiger charge is 2.56. The van der Waals surface area contributed by atoms with E-state index in [1.807, 2.05) is 26.8 Å². The van der Waals surface area contributed by atoms with Crippen LogP contribution in [0, 0.1) is 35.5 Å². The molecule has 3 N–H and O–H groups in total. The monoisotopic (exact) mass is 802 g/mol. The van der Waals surface area contributed by atoms with Crippen LogP contribution in [0.1, 0.15) is 112 Å². The molecule has 0 spiro atoms. The van der Waals surface area contributed by atoms with Gasteiger partial charge >= 0.3 is 0 Å². The van der Waals surface area contributed by atoms with Crippen molar-refractivity contribution >= 4 is 23.3 Å². The summed E-state index contributed by atoms with van der Waals surface area (Å²) in [7, 11) is 4.66. The first-order valence-corrected chi connectivity index (χ1v) is 21.2. The van der Waals surface area contributed by atoms with Crippen molar-refractivity contribution in [2.24, 2.45) is 35.5 Å². The number of allylic oxidation sites excluding steroid dienone is 5. The molecule has 12 nitrogen and oxygen atoms in total. The summed E-state index contributed by atoms with van der Waals surface area (Å²) in [5.41, 5.74) is 1.86. The topological polar surface area (TPSA) is 169 Å². The van der Waals surface area contributed by atoms with Crippen molar-refractivity contribution < 1.29 is 53.4 Å². The predicted octanol–water partition coefficient (Wildman–Crippen LogP) is 5.30. The standard InChI is InChI=1S/C45H71NO11/c1-10-13-32-19-26(2)18-27(3)20-40(55-8)42-41(56-9)22-29(5)45(53,57-42)43(51)44(52)46-17-12-11-14-34(46)38(50)24-33(30(6)36(48)25-37(32)49)28(4)21-31-15-16-35(47)39(23-31)54-7/h10,19,21,27,29-36,39-42,47-48,53H,1,11-18,20,22-25H2,2-9H3/t27-,29+,30-,31?,32+,33+,34-,35+,36-,39+,40-,41-,42+,45+/m0/s1. The van der Waals surface area contributed by atoms with Crippen molar-refractivity contribution in [3.8, 4) is 0 Å². The lowest BCUT2D eigenvalue weighted by molar-refractivity contribution is -0.302. The van der Waals surface area contributed by atoms with Crippen LogP contribution in [0.5, 0.6) is 0 Å². The van der Waals surface area contributed by atoms with E-state index in [1.54, 1.807) is 27.2 Å². The molecule has 0 aromatic carbocycles. The van der Waals surface area contributed by atoms with Crippen LogP contribution in [0.15, 0.2) is 36.0 Å². The van der Waals surface area contributed by atoms with E-state index in [4.69, 9.17) is 18.9 Å². The third-order valence-corrected chi connectivity index (χ3v) is 13.4. The Kier molecular flexibility index (Phi) is 17.4. The number of ketones is 3. The molecule has 1 amide bonds. The maximum absolute atomic E-state index is 14.5. The Bertz CT molecular complexity index is 1480. The number of ether oxygens (including phenoxy) is 4. The molecule has 3 fully saturated rings. The SMILES string of the molecule is C=CC[C@@H]1C=C(C)C[C@H](C)C[C@H](OC)[C@H]2O[C@@](O)(C(=O)C(=O)N3CCCC[C@H]3C(=O)C[C@H](C(C)=CC3CC[C@@H](O)[C@H](OC)C3)[C@H](C)[C@@H](O)CC1=O)[C@H](C)C[C@@H]2OC. The molecule has 0 aromatic rings. The molecule has 1 unspecified atom stereocenters. The lowest BCUT2D eigenvalue weighted by Crippen LogP contribution is -2.64. The van der Waals surface area contributed by atoms with Gasteiger partial charge in [0.25, 0.3) is 11.7 Å². The molecule has 322 valence electrons. The highest BCUT2D eigenvalue weighted by atomic mass is 16.7. The van der Waals surface area contributed by atoms with Gasteiger partial charge in [-0.3, -0.25) is 19.2 Å². The average Bonchev–Trinajstić information content (AvgIpc) is 3.18. The molecule has 2 bridgehead atoms. The number of hydrogen-bond acceptors (Lipinski definition) is 11. The number of carbonyl (C=O) groups is 4. The maximum atomic E-state index is 14.5. The van der Waals surface area contributed by atoms with Crippen LogP contribution < -0.4 is 0 Å². The highest BCUT2D eigenvalue weighted by molar-refractivity contribution is 6.39. The fourth-order valence-electron chi connectivity index (χ4n) is 9.91. The smallest absolute Gasteiger partial charge is 0.296 e. The Balaban J connectivity index is 1.78. The third-order valence-electron chi connectivity index (χ3n) is 13.4. The number of methoxy groups -OCH3 is 3. The first-order chi connectivity index (χ1) is 27.0. The fourth-order valence-corrected chi connectivity index (χ4v) is 9.91. The molecule has 0 aromatic heterocycles. The molecule has 4 aliphatic rings. The fraction of sp³-hybridized carbons (Fsp3) is 0.778. The number of hydrogen-bond donors (Lipinski definition) is 3. The Hall–Kier alpha value is -2.58. The summed E-state index contributed by atoms with van der Waals surface area (Å²) in [5, 5.41) is 34.3. The van der Waals surface area contributed by atoms with Gasteiger partial charge in [0.15, 0.2) is 5.78 Å². The molecule has 1 saturated carbocycles. The molecule has 1 aliphatic carbocycles. The molecule has 57 heavy (non-hydrogen) atoms. The Morgan fingerprint density at radius 3 is 2.21 bits per heavy atom. The predicted molar refractivity (Wildman–Crippen MR) is 216 cm³/mol. The number of Topliss-reactive ketones (excluding diaryl/α,β-unsaturated/α-hetero) is 3. The number of fused-ring (bicyclic) bond motifs is 3. The third kappa shape index (κ3) is 11.4. The van der Waals surface area contributed by atoms with Gasteiger partial charge in [-0.15, -0.1) is 6.58 Å². The molecule has 3 aliphatic heterocycles. The maximum Gasteiger partial charge on any atom is 0.296 e. The van der Waals surface area contributed by atoms with Crippen molar-refractivity contribution in [1.29, 1.82) is 0 Å². The zero-order chi connectivity index (χ0) is 42.2. The van der Waals surface area contributed by atoms with Crippen molar-refractivity contribution in [3.63, 3.8) is 0 Å². The van der Waals surface area contributed by atoms with Gasteiger partial charge in [-0.25, -0.2) is 0 Å². The molecular formula is C45H71NO11. The van der Waals surface area contributed by atoms with Gasteiger partial charge in [-0.2, -0.15) is 0 Å². The zero-order valence-electron chi connectivity index (χ0n) is 35.7. The van der Waals surface area contributed by atoms with Crippen LogP contribution in [0.25, 0.3) is 0 Å². The van der Waals surface area contributed by atoms with Crippen LogP contribution in [0.3, 0.4) is 0 Å². The summed E-state index contributed by atoms with van der Waals surface area (Å²) < 4.78 is 23.6. The van der Waals surface area contributed by atoms with E-state index in [0.717, 1.165) is 17.6 Å². The van der Waals surface area contributed by atoms with E-state index in [2.05, 4.69) is 19.6 Å². The molecule has 3 heterocycles. The largest absolute Gasteiger partial charge is 0.392 e. The average molecular weight is 802 g/mol. The summed E-state index contributed by atoms with van der Waals surface area (Å²) in [5.74, 6) is -7.13. The Labute approximate surface area is 340 Å². The van der Waals surface area contributed by atoms with Crippen LogP contribution in [-0.4, -0.2) is 120 Å². The summed E-state index contributed by atoms with van der Waals surface area (Å²) in [6, 6.07) is -0.920. The number of piperidine rings is 1. The number of nitrogens with zero attached hydrogens (tertiary/aromatic N) is 1. The van der Waals surface area contributed by atoms with E-state index in [-0.39, 0.29) is 55.3 Å². The second kappa shape index (κ2) is 21.1. The first kappa shape index (κ1) is 47.1. The van der Waals surface area contributed by atoms with Crippen LogP contribution >= 0.6 is 0 Å². The minimum Gasteiger partial charge on any atom is -0.392 e. The van der Waals surface area contributed by atoms with Gasteiger partial charge in [0.2, 0.25) is 5.79 Å². The quantitative estimate of drug-likeness (QED) is 0.226. The van der Waals surface area contributed by atoms with Gasteiger partial charge in [0.1, 0.15) is 11.9 Å². The van der Waals surface area contributed by atoms with Crippen molar-refractivity contribution in [2.45, 2.75) is 160 Å². The van der Waals surface area contributed by atoms with Crippen LogP contribution in [0.4, 0.5) is 0 Å². The van der Waals surface area contributed by atoms with Gasteiger partial charge in [-0.1, -0.05) is 50.1 Å². The second-order valence-corrected chi connectivity index (χ2v) is 17.7. The molecule has 14 atom stereocenters.